The molecule has 1 fully saturated rings. The summed E-state index contributed by atoms with van der Waals surface area (Å²) in [7, 11) is 0. The van der Waals surface area contributed by atoms with E-state index in [-0.39, 0.29) is 12.5 Å². The molecule has 0 unspecified atom stereocenters. The Bertz CT molecular complexity index is 195. The summed E-state index contributed by atoms with van der Waals surface area (Å²) in [6.07, 6.45) is 4.60. The topological polar surface area (TPSA) is 40.5 Å². The lowest BCUT2D eigenvalue weighted by Crippen LogP contribution is -2.36. The van der Waals surface area contributed by atoms with Gasteiger partial charge in [0.05, 0.1) is 12.4 Å². The number of unbranched alkanes of at least 4 members (excludes halogenated alkanes) is 1. The zero-order valence-electron chi connectivity index (χ0n) is 9.45. The van der Waals surface area contributed by atoms with Crippen LogP contribution in [0.4, 0.5) is 0 Å². The van der Waals surface area contributed by atoms with Gasteiger partial charge in [-0.1, -0.05) is 13.3 Å². The van der Waals surface area contributed by atoms with E-state index in [9.17, 15) is 4.79 Å². The molecule has 0 aromatic rings. The van der Waals surface area contributed by atoms with Crippen molar-refractivity contribution in [3.63, 3.8) is 0 Å². The van der Waals surface area contributed by atoms with E-state index in [1.54, 1.807) is 11.8 Å². The first kappa shape index (κ1) is 12.8. The average molecular weight is 231 g/mol. The van der Waals surface area contributed by atoms with Crippen molar-refractivity contribution in [1.29, 1.82) is 0 Å². The molecule has 0 aromatic carbocycles. The van der Waals surface area contributed by atoms with Crippen LogP contribution in [0.5, 0.6) is 0 Å². The summed E-state index contributed by atoms with van der Waals surface area (Å²) in [6, 6.07) is 0.427. The summed E-state index contributed by atoms with van der Waals surface area (Å²) in [5, 5.41) is 8.87. The van der Waals surface area contributed by atoms with E-state index in [1.165, 1.54) is 12.8 Å². The molecule has 0 aliphatic heterocycles. The van der Waals surface area contributed by atoms with E-state index in [2.05, 4.69) is 6.92 Å². The Labute approximate surface area is 96.2 Å². The second-order valence-corrected chi connectivity index (χ2v) is 5.05. The van der Waals surface area contributed by atoms with Gasteiger partial charge in [-0.3, -0.25) is 4.79 Å². The highest BCUT2D eigenvalue weighted by molar-refractivity contribution is 7.99. The number of thioether (sulfide) groups is 1. The minimum atomic E-state index is 0.0852. The molecule has 0 bridgehead atoms. The standard InChI is InChI=1S/C11H21NO2S/c1-2-3-8-15-9-11(14)12(6-7-13)10-4-5-10/h10,13H,2-9H2,1H3. The maximum atomic E-state index is 11.8. The van der Waals surface area contributed by atoms with Gasteiger partial charge in [0, 0.05) is 12.6 Å². The number of carbonyl (C=O) groups is 1. The summed E-state index contributed by atoms with van der Waals surface area (Å²) in [5.41, 5.74) is 0. The molecule has 1 saturated carbocycles. The number of rotatable bonds is 8. The van der Waals surface area contributed by atoms with Crippen LogP contribution < -0.4 is 0 Å². The largest absolute Gasteiger partial charge is 0.395 e. The molecule has 0 radical (unpaired) electrons. The molecule has 1 N–H and O–H groups in total. The molecule has 1 amide bonds. The number of aliphatic hydroxyl groups excluding tert-OH is 1. The Hall–Kier alpha value is -0.220. The van der Waals surface area contributed by atoms with Crippen molar-refractivity contribution < 1.29 is 9.90 Å². The van der Waals surface area contributed by atoms with E-state index in [4.69, 9.17) is 5.11 Å². The molecule has 0 aromatic heterocycles. The zero-order chi connectivity index (χ0) is 11.1. The van der Waals surface area contributed by atoms with Gasteiger partial charge in [0.25, 0.3) is 0 Å². The minimum absolute atomic E-state index is 0.0852. The maximum absolute atomic E-state index is 11.8. The van der Waals surface area contributed by atoms with E-state index in [0.717, 1.165) is 18.6 Å². The molecule has 0 atom stereocenters. The van der Waals surface area contributed by atoms with Crippen LogP contribution in [0.3, 0.4) is 0 Å². The van der Waals surface area contributed by atoms with E-state index in [1.807, 2.05) is 4.90 Å². The predicted molar refractivity (Wildman–Crippen MR) is 64.1 cm³/mol. The first-order valence-electron chi connectivity index (χ1n) is 5.77. The number of carbonyl (C=O) groups excluding carboxylic acids is 1. The molecule has 1 rings (SSSR count). The van der Waals surface area contributed by atoms with Crippen molar-refractivity contribution in [3.05, 3.63) is 0 Å². The van der Waals surface area contributed by atoms with Gasteiger partial charge in [0.15, 0.2) is 0 Å². The SMILES string of the molecule is CCCCSCC(=O)N(CCO)C1CC1. The van der Waals surface area contributed by atoms with Crippen molar-refractivity contribution >= 4 is 17.7 Å². The third kappa shape index (κ3) is 4.89. The normalized spacial score (nSPS) is 15.3. The monoisotopic (exact) mass is 231 g/mol. The maximum Gasteiger partial charge on any atom is 0.232 e. The van der Waals surface area contributed by atoms with E-state index in [0.29, 0.717) is 18.3 Å². The fraction of sp³-hybridized carbons (Fsp3) is 0.909. The summed E-state index contributed by atoms with van der Waals surface area (Å²) in [4.78, 5) is 13.6. The second-order valence-electron chi connectivity index (χ2n) is 3.95. The Morgan fingerprint density at radius 3 is 2.80 bits per heavy atom. The van der Waals surface area contributed by atoms with Gasteiger partial charge in [-0.05, 0) is 25.0 Å². The zero-order valence-corrected chi connectivity index (χ0v) is 10.3. The predicted octanol–water partition coefficient (Wildman–Crippen LogP) is 1.50. The third-order valence-electron chi connectivity index (χ3n) is 2.52. The molecule has 0 saturated heterocycles. The number of amides is 1. The van der Waals surface area contributed by atoms with Crippen LogP contribution in [0.1, 0.15) is 32.6 Å². The second kappa shape index (κ2) is 7.12. The van der Waals surface area contributed by atoms with Crippen molar-refractivity contribution in [2.45, 2.75) is 38.6 Å². The lowest BCUT2D eigenvalue weighted by Gasteiger charge is -2.21. The van der Waals surface area contributed by atoms with Crippen molar-refractivity contribution in [3.8, 4) is 0 Å². The van der Waals surface area contributed by atoms with Crippen LogP contribution in [0, 0.1) is 0 Å². The fourth-order valence-corrected chi connectivity index (χ4v) is 2.47. The molecule has 1 aliphatic rings. The van der Waals surface area contributed by atoms with Gasteiger partial charge in [0.1, 0.15) is 0 Å². The quantitative estimate of drug-likeness (QED) is 0.644. The molecule has 0 heterocycles. The van der Waals surface area contributed by atoms with Gasteiger partial charge in [0.2, 0.25) is 5.91 Å². The third-order valence-corrected chi connectivity index (χ3v) is 3.55. The molecule has 88 valence electrons. The van der Waals surface area contributed by atoms with E-state index < -0.39 is 0 Å². The van der Waals surface area contributed by atoms with Gasteiger partial charge in [-0.2, -0.15) is 11.8 Å². The molecule has 3 nitrogen and oxygen atoms in total. The average Bonchev–Trinajstić information content (AvgIpc) is 3.04. The van der Waals surface area contributed by atoms with E-state index >= 15 is 0 Å². The molecular weight excluding hydrogens is 210 g/mol. The van der Waals surface area contributed by atoms with Crippen LogP contribution in [-0.4, -0.2) is 46.6 Å². The molecule has 15 heavy (non-hydrogen) atoms. The molecule has 4 heteroatoms. The summed E-state index contributed by atoms with van der Waals surface area (Å²) in [5.74, 6) is 1.85. The summed E-state index contributed by atoms with van der Waals surface area (Å²) >= 11 is 1.71. The number of hydrogen-bond donors (Lipinski definition) is 1. The Kier molecular flexibility index (Phi) is 6.10. The lowest BCUT2D eigenvalue weighted by atomic mass is 10.4. The number of hydrogen-bond acceptors (Lipinski definition) is 3. The smallest absolute Gasteiger partial charge is 0.232 e. The number of nitrogens with zero attached hydrogens (tertiary/aromatic N) is 1. The van der Waals surface area contributed by atoms with Crippen LogP contribution in [0.15, 0.2) is 0 Å². The van der Waals surface area contributed by atoms with Crippen molar-refractivity contribution in [2.24, 2.45) is 0 Å². The van der Waals surface area contributed by atoms with Gasteiger partial charge < -0.3 is 10.0 Å². The highest BCUT2D eigenvalue weighted by Gasteiger charge is 2.31. The van der Waals surface area contributed by atoms with Crippen LogP contribution in [0.2, 0.25) is 0 Å². The highest BCUT2D eigenvalue weighted by Crippen LogP contribution is 2.27. The molecule has 0 spiro atoms. The van der Waals surface area contributed by atoms with Crippen LogP contribution >= 0.6 is 11.8 Å². The molecular formula is C11H21NO2S. The van der Waals surface area contributed by atoms with Crippen molar-refractivity contribution in [1.82, 2.24) is 4.90 Å². The minimum Gasteiger partial charge on any atom is -0.395 e. The Balaban J connectivity index is 2.17. The molecule has 1 aliphatic carbocycles. The summed E-state index contributed by atoms with van der Waals surface area (Å²) in [6.45, 7) is 2.75. The van der Waals surface area contributed by atoms with Gasteiger partial charge in [-0.25, -0.2) is 0 Å². The summed E-state index contributed by atoms with van der Waals surface area (Å²) < 4.78 is 0. The first-order chi connectivity index (χ1) is 7.29. The van der Waals surface area contributed by atoms with Crippen LogP contribution in [0.25, 0.3) is 0 Å². The first-order valence-corrected chi connectivity index (χ1v) is 6.93. The highest BCUT2D eigenvalue weighted by atomic mass is 32.2. The van der Waals surface area contributed by atoms with Gasteiger partial charge >= 0.3 is 0 Å². The van der Waals surface area contributed by atoms with Gasteiger partial charge in [-0.15, -0.1) is 0 Å². The van der Waals surface area contributed by atoms with Crippen LogP contribution in [-0.2, 0) is 4.79 Å². The Morgan fingerprint density at radius 2 is 2.27 bits per heavy atom. The van der Waals surface area contributed by atoms with Crippen molar-refractivity contribution in [2.75, 3.05) is 24.7 Å². The lowest BCUT2D eigenvalue weighted by molar-refractivity contribution is -0.129. The Morgan fingerprint density at radius 1 is 1.53 bits per heavy atom. The fourth-order valence-electron chi connectivity index (χ4n) is 1.49. The number of aliphatic hydroxyl groups is 1.